The van der Waals surface area contributed by atoms with Crippen LogP contribution in [0, 0.1) is 6.92 Å². The monoisotopic (exact) mass is 494 g/mol. The lowest BCUT2D eigenvalue weighted by molar-refractivity contribution is -0.115. The van der Waals surface area contributed by atoms with Gasteiger partial charge in [-0.15, -0.1) is 0 Å². The number of benzene rings is 3. The molecule has 174 valence electrons. The van der Waals surface area contributed by atoms with Crippen molar-refractivity contribution in [2.75, 3.05) is 6.61 Å². The van der Waals surface area contributed by atoms with Crippen molar-refractivity contribution in [3.05, 3.63) is 88.8 Å². The first-order chi connectivity index (χ1) is 16.3. The van der Waals surface area contributed by atoms with Gasteiger partial charge in [-0.3, -0.25) is 4.79 Å². The normalized spacial score (nSPS) is 16.0. The summed E-state index contributed by atoms with van der Waals surface area (Å²) in [6, 6.07) is 20.5. The van der Waals surface area contributed by atoms with Gasteiger partial charge in [0.1, 0.15) is 4.90 Å². The number of nitrogens with one attached hydrogen (secondary N) is 1. The van der Waals surface area contributed by atoms with E-state index in [0.29, 0.717) is 22.2 Å². The Hall–Kier alpha value is -3.56. The van der Waals surface area contributed by atoms with E-state index in [1.54, 1.807) is 37.3 Å². The van der Waals surface area contributed by atoms with Gasteiger partial charge in [0.15, 0.2) is 16.7 Å². The Morgan fingerprint density at radius 3 is 2.44 bits per heavy atom. The number of rotatable bonds is 7. The van der Waals surface area contributed by atoms with E-state index in [9.17, 15) is 13.2 Å². The Morgan fingerprint density at radius 2 is 1.74 bits per heavy atom. The zero-order valence-electron chi connectivity index (χ0n) is 18.5. The van der Waals surface area contributed by atoms with Crippen molar-refractivity contribution in [2.45, 2.75) is 18.7 Å². The molecule has 1 saturated heterocycles. The van der Waals surface area contributed by atoms with Crippen molar-refractivity contribution in [2.24, 2.45) is 4.99 Å². The third-order valence-electron chi connectivity index (χ3n) is 4.71. The molecule has 1 N–H and O–H groups in total. The van der Waals surface area contributed by atoms with E-state index in [1.165, 1.54) is 30.0 Å². The predicted molar refractivity (Wildman–Crippen MR) is 134 cm³/mol. The Bertz CT molecular complexity index is 1370. The summed E-state index contributed by atoms with van der Waals surface area (Å²) in [5.74, 6) is 0.0634. The molecule has 0 atom stereocenters. The summed E-state index contributed by atoms with van der Waals surface area (Å²) < 4.78 is 36.4. The number of amides is 1. The zero-order chi connectivity index (χ0) is 24.1. The molecule has 0 unspecified atom stereocenters. The minimum absolute atomic E-state index is 0.0519. The Balaban J connectivity index is 1.58. The summed E-state index contributed by atoms with van der Waals surface area (Å²) in [6.07, 6.45) is 1.69. The van der Waals surface area contributed by atoms with Crippen LogP contribution in [-0.2, 0) is 14.9 Å². The van der Waals surface area contributed by atoms with Gasteiger partial charge >= 0.3 is 10.1 Å². The Labute approximate surface area is 202 Å². The van der Waals surface area contributed by atoms with Crippen LogP contribution in [0.25, 0.3) is 6.08 Å². The van der Waals surface area contributed by atoms with Crippen molar-refractivity contribution >= 4 is 44.7 Å². The molecule has 3 aromatic rings. The summed E-state index contributed by atoms with van der Waals surface area (Å²) in [4.78, 5) is 17.3. The predicted octanol–water partition coefficient (Wildman–Crippen LogP) is 5.05. The SMILES string of the molecule is CCOc1cc(/C=C2\SC(=Nc3ccccc3)NC2=O)ccc1OS(=O)(=O)c1ccc(C)cc1. The average molecular weight is 495 g/mol. The van der Waals surface area contributed by atoms with E-state index >= 15 is 0 Å². The molecule has 7 nitrogen and oxygen atoms in total. The number of amidine groups is 1. The third kappa shape index (κ3) is 5.67. The molecule has 1 aliphatic rings. The van der Waals surface area contributed by atoms with Gasteiger partial charge in [-0.05, 0) is 73.6 Å². The van der Waals surface area contributed by atoms with E-state index < -0.39 is 10.1 Å². The second kappa shape index (κ2) is 10.1. The molecule has 34 heavy (non-hydrogen) atoms. The first kappa shape index (κ1) is 23.6. The smallest absolute Gasteiger partial charge is 0.339 e. The van der Waals surface area contributed by atoms with Crippen molar-refractivity contribution in [3.63, 3.8) is 0 Å². The number of aliphatic imine (C=N–C) groups is 1. The number of thioether (sulfide) groups is 1. The van der Waals surface area contributed by atoms with Gasteiger partial charge in [0.05, 0.1) is 17.2 Å². The molecule has 1 aliphatic heterocycles. The molecule has 0 radical (unpaired) electrons. The molecule has 0 bridgehead atoms. The topological polar surface area (TPSA) is 94.1 Å². The lowest BCUT2D eigenvalue weighted by atomic mass is 10.2. The van der Waals surface area contributed by atoms with Crippen LogP contribution in [-0.4, -0.2) is 26.1 Å². The first-order valence-electron chi connectivity index (χ1n) is 10.5. The highest BCUT2D eigenvalue weighted by Crippen LogP contribution is 2.34. The molecular formula is C25H22N2O5S2. The maximum atomic E-state index is 12.7. The number of aryl methyl sites for hydroxylation is 1. The summed E-state index contributed by atoms with van der Waals surface area (Å²) in [7, 11) is -4.03. The second-order valence-electron chi connectivity index (χ2n) is 7.31. The number of carbonyl (C=O) groups excluding carboxylic acids is 1. The van der Waals surface area contributed by atoms with Crippen LogP contribution in [0.3, 0.4) is 0 Å². The molecule has 1 fully saturated rings. The highest BCUT2D eigenvalue weighted by atomic mass is 32.2. The van der Waals surface area contributed by atoms with Crippen molar-refractivity contribution in [3.8, 4) is 11.5 Å². The van der Waals surface area contributed by atoms with Crippen molar-refractivity contribution < 1.29 is 22.1 Å². The van der Waals surface area contributed by atoms with Crippen LogP contribution in [0.1, 0.15) is 18.1 Å². The number of hydrogen-bond donors (Lipinski definition) is 1. The van der Waals surface area contributed by atoms with Crippen LogP contribution in [0.2, 0.25) is 0 Å². The highest BCUT2D eigenvalue weighted by molar-refractivity contribution is 8.18. The average Bonchev–Trinajstić information content (AvgIpc) is 3.15. The fourth-order valence-electron chi connectivity index (χ4n) is 3.07. The zero-order valence-corrected chi connectivity index (χ0v) is 20.2. The summed E-state index contributed by atoms with van der Waals surface area (Å²) in [6.45, 7) is 3.97. The molecule has 0 saturated carbocycles. The standard InChI is InChI=1S/C25H22N2O5S2/c1-3-31-22-15-18(11-14-21(22)32-34(29,30)20-12-9-17(2)10-13-20)16-23-24(28)27-25(33-23)26-19-7-5-4-6-8-19/h4-16H,3H2,1-2H3,(H,26,27,28)/b23-16-. The fraction of sp³-hybridized carbons (Fsp3) is 0.120. The molecule has 1 heterocycles. The number of nitrogens with zero attached hydrogens (tertiary/aromatic N) is 1. The second-order valence-corrected chi connectivity index (χ2v) is 9.88. The molecule has 9 heteroatoms. The number of hydrogen-bond acceptors (Lipinski definition) is 7. The molecular weight excluding hydrogens is 472 g/mol. The van der Waals surface area contributed by atoms with E-state index in [2.05, 4.69) is 10.3 Å². The first-order valence-corrected chi connectivity index (χ1v) is 12.7. The molecule has 0 aromatic heterocycles. The summed E-state index contributed by atoms with van der Waals surface area (Å²) >= 11 is 1.22. The van der Waals surface area contributed by atoms with Crippen LogP contribution < -0.4 is 14.2 Å². The number of para-hydroxylation sites is 1. The van der Waals surface area contributed by atoms with Crippen LogP contribution in [0.15, 0.2) is 87.6 Å². The van der Waals surface area contributed by atoms with Crippen LogP contribution in [0.4, 0.5) is 5.69 Å². The van der Waals surface area contributed by atoms with Crippen LogP contribution >= 0.6 is 11.8 Å². The van der Waals surface area contributed by atoms with Crippen molar-refractivity contribution in [1.82, 2.24) is 5.32 Å². The van der Waals surface area contributed by atoms with E-state index in [4.69, 9.17) is 8.92 Å². The van der Waals surface area contributed by atoms with Gasteiger partial charge in [0, 0.05) is 0 Å². The minimum Gasteiger partial charge on any atom is -0.490 e. The van der Waals surface area contributed by atoms with Gasteiger partial charge in [-0.2, -0.15) is 8.42 Å². The maximum absolute atomic E-state index is 12.7. The summed E-state index contributed by atoms with van der Waals surface area (Å²) in [5, 5.41) is 3.23. The molecule has 0 aliphatic carbocycles. The molecule has 0 spiro atoms. The largest absolute Gasteiger partial charge is 0.490 e. The van der Waals surface area contributed by atoms with Gasteiger partial charge in [0.2, 0.25) is 0 Å². The third-order valence-corrected chi connectivity index (χ3v) is 6.87. The Kier molecular flexibility index (Phi) is 7.04. The molecule has 1 amide bonds. The fourth-order valence-corrected chi connectivity index (χ4v) is 4.86. The lowest BCUT2D eigenvalue weighted by Gasteiger charge is -2.13. The Morgan fingerprint density at radius 1 is 1.00 bits per heavy atom. The minimum atomic E-state index is -4.03. The van der Waals surface area contributed by atoms with Crippen LogP contribution in [0.5, 0.6) is 11.5 Å². The number of carbonyl (C=O) groups is 1. The quantitative estimate of drug-likeness (QED) is 0.365. The summed E-state index contributed by atoms with van der Waals surface area (Å²) in [5.41, 5.74) is 2.33. The molecule has 3 aromatic carbocycles. The van der Waals surface area contributed by atoms with E-state index in [1.807, 2.05) is 37.3 Å². The van der Waals surface area contributed by atoms with Gasteiger partial charge in [-0.25, -0.2) is 4.99 Å². The van der Waals surface area contributed by atoms with Crippen molar-refractivity contribution in [1.29, 1.82) is 0 Å². The molecule has 4 rings (SSSR count). The maximum Gasteiger partial charge on any atom is 0.339 e. The highest BCUT2D eigenvalue weighted by Gasteiger charge is 2.24. The lowest BCUT2D eigenvalue weighted by Crippen LogP contribution is -2.19. The van der Waals surface area contributed by atoms with Gasteiger partial charge in [-0.1, -0.05) is 42.0 Å². The number of ether oxygens (including phenoxy) is 1. The van der Waals surface area contributed by atoms with E-state index in [0.717, 1.165) is 11.3 Å². The van der Waals surface area contributed by atoms with E-state index in [-0.39, 0.29) is 22.3 Å². The van der Waals surface area contributed by atoms with Gasteiger partial charge < -0.3 is 14.2 Å². The van der Waals surface area contributed by atoms with Gasteiger partial charge in [0.25, 0.3) is 5.91 Å².